The maximum atomic E-state index is 4.57. The first-order chi connectivity index (χ1) is 6.95. The van der Waals surface area contributed by atoms with E-state index < -0.39 is 0 Å². The number of rotatable bonds is 0. The lowest BCUT2D eigenvalue weighted by atomic mass is 10.1. The number of fused-ring (bicyclic) bond motifs is 2. The van der Waals surface area contributed by atoms with Crippen molar-refractivity contribution >= 4 is 11.8 Å². The lowest BCUT2D eigenvalue weighted by Crippen LogP contribution is -2.22. The molecular weight excluding hydrogens is 172 g/mol. The molecule has 68 valence electrons. The van der Waals surface area contributed by atoms with Crippen LogP contribution in [0.2, 0.25) is 0 Å². The summed E-state index contributed by atoms with van der Waals surface area (Å²) in [6.07, 6.45) is 4.86. The minimum absolute atomic E-state index is 0.874. The van der Waals surface area contributed by atoms with Gasteiger partial charge in [0.1, 0.15) is 0 Å². The molecule has 14 heavy (non-hydrogen) atoms. The van der Waals surface area contributed by atoms with Gasteiger partial charge in [-0.15, -0.1) is 0 Å². The van der Waals surface area contributed by atoms with Crippen molar-refractivity contribution in [1.29, 1.82) is 0 Å². The predicted octanol–water partition coefficient (Wildman–Crippen LogP) is 0.829. The van der Waals surface area contributed by atoms with Gasteiger partial charge in [0.15, 0.2) is 0 Å². The third-order valence-electron chi connectivity index (χ3n) is 2.61. The number of nitrogens with zero attached hydrogens (tertiary/aromatic N) is 2. The Bertz CT molecular complexity index is 550. The topological polar surface area (TPSA) is 24.7 Å². The van der Waals surface area contributed by atoms with Gasteiger partial charge in [-0.3, -0.25) is 4.99 Å². The molecule has 0 radical (unpaired) electrons. The molecule has 2 heterocycles. The maximum absolute atomic E-state index is 4.57. The van der Waals surface area contributed by atoms with Crippen LogP contribution in [0.5, 0.6) is 0 Å². The van der Waals surface area contributed by atoms with Crippen LogP contribution in [-0.4, -0.2) is 12.8 Å². The van der Waals surface area contributed by atoms with Gasteiger partial charge in [-0.1, -0.05) is 18.2 Å². The minimum atomic E-state index is 0.874. The Morgan fingerprint density at radius 3 is 3.07 bits per heavy atom. The molecule has 0 fully saturated rings. The number of para-hydroxylation sites is 1. The summed E-state index contributed by atoms with van der Waals surface area (Å²) in [4.78, 5) is 8.81. The van der Waals surface area contributed by atoms with Gasteiger partial charge in [0.05, 0.1) is 11.1 Å². The van der Waals surface area contributed by atoms with E-state index >= 15 is 0 Å². The van der Waals surface area contributed by atoms with E-state index in [2.05, 4.69) is 28.2 Å². The van der Waals surface area contributed by atoms with Crippen LogP contribution in [0.1, 0.15) is 6.42 Å². The molecule has 0 atom stereocenters. The Kier molecular flexibility index (Phi) is 1.60. The highest BCUT2D eigenvalue weighted by molar-refractivity contribution is 5.81. The van der Waals surface area contributed by atoms with Crippen LogP contribution in [0.15, 0.2) is 46.0 Å². The van der Waals surface area contributed by atoms with Crippen molar-refractivity contribution in [2.24, 2.45) is 9.98 Å². The van der Waals surface area contributed by atoms with E-state index in [-0.39, 0.29) is 0 Å². The lowest BCUT2D eigenvalue weighted by molar-refractivity contribution is 1.03. The lowest BCUT2D eigenvalue weighted by Gasteiger charge is -1.97. The quantitative estimate of drug-likeness (QED) is 0.567. The molecule has 0 saturated carbocycles. The van der Waals surface area contributed by atoms with E-state index in [1.165, 1.54) is 10.8 Å². The first kappa shape index (κ1) is 7.68. The van der Waals surface area contributed by atoms with Crippen molar-refractivity contribution in [3.63, 3.8) is 0 Å². The van der Waals surface area contributed by atoms with Crippen LogP contribution in [0.25, 0.3) is 5.57 Å². The first-order valence-electron chi connectivity index (χ1n) is 4.82. The fourth-order valence-electron chi connectivity index (χ4n) is 1.94. The summed E-state index contributed by atoms with van der Waals surface area (Å²) in [5.41, 5.74) is 2.44. The number of allylic oxidation sites excluding steroid dienone is 2. The van der Waals surface area contributed by atoms with Crippen LogP contribution in [-0.2, 0) is 0 Å². The Balaban J connectivity index is 2.37. The molecule has 0 aromatic heterocycles. The van der Waals surface area contributed by atoms with Gasteiger partial charge in [0, 0.05) is 18.0 Å². The van der Waals surface area contributed by atoms with Crippen molar-refractivity contribution in [2.45, 2.75) is 6.42 Å². The molecular formula is C12H10N2. The highest BCUT2D eigenvalue weighted by Crippen LogP contribution is 2.18. The van der Waals surface area contributed by atoms with E-state index in [0.29, 0.717) is 0 Å². The molecule has 2 aliphatic rings. The van der Waals surface area contributed by atoms with Crippen molar-refractivity contribution in [1.82, 2.24) is 0 Å². The number of benzene rings is 1. The van der Waals surface area contributed by atoms with E-state index in [0.717, 1.165) is 24.0 Å². The molecule has 2 aliphatic heterocycles. The zero-order chi connectivity index (χ0) is 9.38. The molecule has 1 aromatic rings. The van der Waals surface area contributed by atoms with Gasteiger partial charge < -0.3 is 0 Å². The second-order valence-corrected chi connectivity index (χ2v) is 3.46. The summed E-state index contributed by atoms with van der Waals surface area (Å²) in [6.45, 7) is 0.874. The smallest absolute Gasteiger partial charge is 0.0712 e. The third kappa shape index (κ3) is 1.04. The molecule has 0 N–H and O–H groups in total. The monoisotopic (exact) mass is 182 g/mol. The van der Waals surface area contributed by atoms with E-state index in [9.17, 15) is 0 Å². The molecule has 1 aromatic carbocycles. The largest absolute Gasteiger partial charge is 0.293 e. The van der Waals surface area contributed by atoms with Crippen molar-refractivity contribution < 1.29 is 0 Å². The molecule has 0 amide bonds. The summed E-state index contributed by atoms with van der Waals surface area (Å²) in [5.74, 6) is 0. The van der Waals surface area contributed by atoms with Gasteiger partial charge in [-0.05, 0) is 24.1 Å². The predicted molar refractivity (Wildman–Crippen MR) is 56.7 cm³/mol. The van der Waals surface area contributed by atoms with Gasteiger partial charge in [0.2, 0.25) is 0 Å². The van der Waals surface area contributed by atoms with Gasteiger partial charge in [-0.2, -0.15) is 0 Å². The number of hydrogen-bond acceptors (Lipinski definition) is 2. The second kappa shape index (κ2) is 2.91. The molecule has 2 nitrogen and oxygen atoms in total. The average Bonchev–Trinajstić information content (AvgIpc) is 2.42. The van der Waals surface area contributed by atoms with E-state index in [4.69, 9.17) is 0 Å². The fourth-order valence-corrected chi connectivity index (χ4v) is 1.94. The highest BCUT2D eigenvalue weighted by atomic mass is 14.8. The molecule has 3 rings (SSSR count). The molecule has 0 saturated heterocycles. The molecule has 0 aliphatic carbocycles. The maximum Gasteiger partial charge on any atom is 0.0712 e. The van der Waals surface area contributed by atoms with Gasteiger partial charge in [-0.25, -0.2) is 4.99 Å². The zero-order valence-corrected chi connectivity index (χ0v) is 7.77. The number of aliphatic imine (C=N–C) groups is 1. The summed E-state index contributed by atoms with van der Waals surface area (Å²) in [7, 11) is 0. The normalized spacial score (nSPS) is 18.0. The average molecular weight is 182 g/mol. The Morgan fingerprint density at radius 2 is 2.07 bits per heavy atom. The third-order valence-corrected chi connectivity index (χ3v) is 2.61. The standard InChI is InChI=1S/C12H10N2/c1-2-4-11-9(3-1)10-5-7-13-8-6-12(10)14-11/h1-4,6,8H,5,7H2. The van der Waals surface area contributed by atoms with Crippen LogP contribution in [0.3, 0.4) is 0 Å². The molecule has 0 unspecified atom stereocenters. The first-order valence-corrected chi connectivity index (χ1v) is 4.82. The summed E-state index contributed by atoms with van der Waals surface area (Å²) < 4.78 is 0. The minimum Gasteiger partial charge on any atom is -0.293 e. The summed E-state index contributed by atoms with van der Waals surface area (Å²) in [6, 6.07) is 8.30. The van der Waals surface area contributed by atoms with Crippen molar-refractivity contribution in [2.75, 3.05) is 6.54 Å². The fraction of sp³-hybridized carbons (Fsp3) is 0.167. The Labute approximate surface area is 82.0 Å². The Morgan fingerprint density at radius 1 is 1.14 bits per heavy atom. The SMILES string of the molecule is C1=NCCC2=c3ccccc3=NC2=C1. The molecule has 0 bridgehead atoms. The van der Waals surface area contributed by atoms with Crippen LogP contribution < -0.4 is 10.6 Å². The van der Waals surface area contributed by atoms with Gasteiger partial charge >= 0.3 is 0 Å². The number of hydrogen-bond donors (Lipinski definition) is 0. The van der Waals surface area contributed by atoms with E-state index in [1.54, 1.807) is 0 Å². The van der Waals surface area contributed by atoms with E-state index in [1.807, 2.05) is 18.4 Å². The van der Waals surface area contributed by atoms with Crippen LogP contribution in [0, 0.1) is 0 Å². The van der Waals surface area contributed by atoms with Crippen LogP contribution >= 0.6 is 0 Å². The highest BCUT2D eigenvalue weighted by Gasteiger charge is 2.12. The summed E-state index contributed by atoms with van der Waals surface area (Å²) >= 11 is 0. The molecule has 2 heteroatoms. The second-order valence-electron chi connectivity index (χ2n) is 3.46. The van der Waals surface area contributed by atoms with Gasteiger partial charge in [0.25, 0.3) is 0 Å². The molecule has 0 spiro atoms. The zero-order valence-electron chi connectivity index (χ0n) is 7.77. The van der Waals surface area contributed by atoms with Crippen molar-refractivity contribution in [3.8, 4) is 0 Å². The Hall–Kier alpha value is -1.70. The van der Waals surface area contributed by atoms with Crippen LogP contribution in [0.4, 0.5) is 0 Å². The van der Waals surface area contributed by atoms with Crippen molar-refractivity contribution in [3.05, 3.63) is 46.6 Å². The summed E-state index contributed by atoms with van der Waals surface area (Å²) in [5, 5.41) is 2.38.